The zero-order valence-electron chi connectivity index (χ0n) is 17.5. The van der Waals surface area contributed by atoms with Crippen LogP contribution in [-0.4, -0.2) is 31.5 Å². The molecule has 1 aromatic rings. The molecule has 1 aromatic carbocycles. The molecule has 0 aromatic heterocycles. The van der Waals surface area contributed by atoms with Gasteiger partial charge in [-0.05, 0) is 32.0 Å². The van der Waals surface area contributed by atoms with Crippen molar-refractivity contribution in [2.24, 2.45) is 10.7 Å². The number of esters is 1. The van der Waals surface area contributed by atoms with Crippen LogP contribution < -0.4 is 5.73 Å². The summed E-state index contributed by atoms with van der Waals surface area (Å²) >= 11 is 5.98. The summed E-state index contributed by atoms with van der Waals surface area (Å²) in [5.74, 6) is 0.107. The van der Waals surface area contributed by atoms with Gasteiger partial charge in [-0.15, -0.1) is 0 Å². The second-order valence-electron chi connectivity index (χ2n) is 4.77. The Morgan fingerprint density at radius 1 is 1.21 bits per heavy atom. The lowest BCUT2D eigenvalue weighted by Crippen LogP contribution is -2.25. The molecule has 0 aliphatic carbocycles. The molecule has 0 saturated carbocycles. The monoisotopic (exact) mass is 410 g/mol. The number of carbonyl (C=O) groups excluding carboxylic acids is 1. The summed E-state index contributed by atoms with van der Waals surface area (Å²) < 4.78 is 16.0. The van der Waals surface area contributed by atoms with Crippen molar-refractivity contribution >= 4 is 29.0 Å². The summed E-state index contributed by atoms with van der Waals surface area (Å²) in [5.41, 5.74) is 6.71. The molecule has 0 atom stereocenters. The number of aliphatic imine (C=N–C) groups is 1. The maximum atomic E-state index is 11.9. The maximum absolute atomic E-state index is 11.9. The van der Waals surface area contributed by atoms with Gasteiger partial charge in [0.25, 0.3) is 0 Å². The molecule has 156 valence electrons. The Morgan fingerprint density at radius 2 is 1.89 bits per heavy atom. The number of allylic oxidation sites excluding steroid dienone is 1. The highest BCUT2D eigenvalue weighted by Crippen LogP contribution is 2.23. The summed E-state index contributed by atoms with van der Waals surface area (Å²) in [6, 6.07) is 6.99. The molecular weight excluding hydrogens is 380 g/mol. The second-order valence-corrected chi connectivity index (χ2v) is 5.21. The Morgan fingerprint density at radius 3 is 2.46 bits per heavy atom. The standard InChI is InChI=1S/C17H19ClN2O4.2C2H6/c1-3-22-13-9-14(20-12-7-5-6-11(18)8-12)16(24-10-13)15(19)17(21)23-4-2;2*1-2/h5-9H,3-4,10,19H2,1-2H3;2*1-2H3/b16-15+,20-14?;;. The van der Waals surface area contributed by atoms with Crippen molar-refractivity contribution in [3.63, 3.8) is 0 Å². The van der Waals surface area contributed by atoms with E-state index in [-0.39, 0.29) is 24.7 Å². The molecule has 0 bridgehead atoms. The van der Waals surface area contributed by atoms with Crippen LogP contribution in [0.2, 0.25) is 5.02 Å². The lowest BCUT2D eigenvalue weighted by molar-refractivity contribution is -0.138. The van der Waals surface area contributed by atoms with Crippen LogP contribution in [0, 0.1) is 0 Å². The van der Waals surface area contributed by atoms with Crippen LogP contribution >= 0.6 is 11.6 Å². The Bertz CT molecular complexity index is 712. The van der Waals surface area contributed by atoms with Crippen molar-refractivity contribution in [2.75, 3.05) is 19.8 Å². The maximum Gasteiger partial charge on any atom is 0.358 e. The SMILES string of the molecule is CC.CC.CCOC(=O)/C(N)=C1\OCC(OCC)=CC1=Nc1cccc(Cl)c1. The fourth-order valence-corrected chi connectivity index (χ4v) is 2.22. The van der Waals surface area contributed by atoms with Gasteiger partial charge in [0.2, 0.25) is 0 Å². The minimum atomic E-state index is -0.653. The third kappa shape index (κ3) is 8.05. The summed E-state index contributed by atoms with van der Waals surface area (Å²) in [7, 11) is 0. The number of benzene rings is 1. The number of rotatable bonds is 5. The molecule has 0 fully saturated rings. The number of nitrogens with zero attached hydrogens (tertiary/aromatic N) is 1. The van der Waals surface area contributed by atoms with Gasteiger partial charge in [0, 0.05) is 11.1 Å². The van der Waals surface area contributed by atoms with Crippen LogP contribution in [0.4, 0.5) is 5.69 Å². The third-order valence-electron chi connectivity index (χ3n) is 3.02. The average Bonchev–Trinajstić information content (AvgIpc) is 2.71. The highest BCUT2D eigenvalue weighted by atomic mass is 35.5. The molecular formula is C21H31ClN2O4. The molecule has 2 N–H and O–H groups in total. The highest BCUT2D eigenvalue weighted by molar-refractivity contribution is 6.30. The van der Waals surface area contributed by atoms with Gasteiger partial charge in [0.05, 0.1) is 18.9 Å². The molecule has 0 amide bonds. The Kier molecular flexibility index (Phi) is 13.3. The smallest absolute Gasteiger partial charge is 0.358 e. The van der Waals surface area contributed by atoms with E-state index in [0.717, 1.165) is 0 Å². The molecule has 1 heterocycles. The van der Waals surface area contributed by atoms with Crippen molar-refractivity contribution in [3.8, 4) is 0 Å². The van der Waals surface area contributed by atoms with Crippen LogP contribution in [-0.2, 0) is 19.0 Å². The molecule has 28 heavy (non-hydrogen) atoms. The number of carbonyl (C=O) groups is 1. The van der Waals surface area contributed by atoms with Gasteiger partial charge in [-0.3, -0.25) is 0 Å². The van der Waals surface area contributed by atoms with E-state index in [2.05, 4.69) is 4.99 Å². The molecule has 2 rings (SSSR count). The lowest BCUT2D eigenvalue weighted by Gasteiger charge is -2.20. The average molecular weight is 411 g/mol. The van der Waals surface area contributed by atoms with Crippen LogP contribution in [0.5, 0.6) is 0 Å². The fraction of sp³-hybridized carbons (Fsp3) is 0.429. The molecule has 0 unspecified atom stereocenters. The largest absolute Gasteiger partial charge is 0.495 e. The van der Waals surface area contributed by atoms with Crippen LogP contribution in [0.3, 0.4) is 0 Å². The van der Waals surface area contributed by atoms with Gasteiger partial charge < -0.3 is 19.9 Å². The van der Waals surface area contributed by atoms with E-state index in [1.165, 1.54) is 0 Å². The van der Waals surface area contributed by atoms with E-state index < -0.39 is 5.97 Å². The van der Waals surface area contributed by atoms with Crippen LogP contribution in [0.1, 0.15) is 41.5 Å². The molecule has 6 nitrogen and oxygen atoms in total. The molecule has 0 spiro atoms. The molecule has 7 heteroatoms. The third-order valence-corrected chi connectivity index (χ3v) is 3.25. The first-order valence-corrected chi connectivity index (χ1v) is 9.90. The predicted octanol–water partition coefficient (Wildman–Crippen LogP) is 5.15. The van der Waals surface area contributed by atoms with Gasteiger partial charge in [-0.2, -0.15) is 0 Å². The number of halogens is 1. The zero-order chi connectivity index (χ0) is 21.5. The fourth-order valence-electron chi connectivity index (χ4n) is 2.03. The number of ether oxygens (including phenoxy) is 3. The van der Waals surface area contributed by atoms with Crippen molar-refractivity contribution in [1.29, 1.82) is 0 Å². The number of hydrogen-bond acceptors (Lipinski definition) is 6. The van der Waals surface area contributed by atoms with Crippen molar-refractivity contribution in [3.05, 3.63) is 52.6 Å². The van der Waals surface area contributed by atoms with E-state index in [0.29, 0.717) is 28.8 Å². The van der Waals surface area contributed by atoms with Crippen LogP contribution in [0.15, 0.2) is 52.5 Å². The van der Waals surface area contributed by atoms with Crippen molar-refractivity contribution in [1.82, 2.24) is 0 Å². The van der Waals surface area contributed by atoms with Gasteiger partial charge in [-0.25, -0.2) is 9.79 Å². The van der Waals surface area contributed by atoms with Gasteiger partial charge >= 0.3 is 5.97 Å². The topological polar surface area (TPSA) is 83.1 Å². The van der Waals surface area contributed by atoms with E-state index in [9.17, 15) is 4.79 Å². The first kappa shape index (κ1) is 25.5. The Hall–Kier alpha value is -2.47. The van der Waals surface area contributed by atoms with Gasteiger partial charge in [0.15, 0.2) is 11.5 Å². The summed E-state index contributed by atoms with van der Waals surface area (Å²) in [5, 5.41) is 0.548. The second kappa shape index (κ2) is 14.6. The zero-order valence-corrected chi connectivity index (χ0v) is 18.3. The minimum Gasteiger partial charge on any atom is -0.495 e. The summed E-state index contributed by atoms with van der Waals surface area (Å²) in [6.45, 7) is 12.4. The van der Waals surface area contributed by atoms with Crippen LogP contribution in [0.25, 0.3) is 0 Å². The van der Waals surface area contributed by atoms with E-state index in [1.54, 1.807) is 37.3 Å². The molecule has 1 aliphatic rings. The van der Waals surface area contributed by atoms with Gasteiger partial charge in [0.1, 0.15) is 18.1 Å². The molecule has 1 aliphatic heterocycles. The Labute approximate surface area is 173 Å². The number of nitrogens with two attached hydrogens (primary N) is 1. The minimum absolute atomic E-state index is 0.135. The van der Waals surface area contributed by atoms with E-state index in [4.69, 9.17) is 31.5 Å². The lowest BCUT2D eigenvalue weighted by atomic mass is 10.1. The van der Waals surface area contributed by atoms with E-state index >= 15 is 0 Å². The molecule has 0 saturated heterocycles. The highest BCUT2D eigenvalue weighted by Gasteiger charge is 2.24. The van der Waals surface area contributed by atoms with E-state index in [1.807, 2.05) is 34.6 Å². The van der Waals surface area contributed by atoms with Crippen molar-refractivity contribution in [2.45, 2.75) is 41.5 Å². The Balaban J connectivity index is 0.00000171. The quantitative estimate of drug-likeness (QED) is 0.536. The first-order chi connectivity index (χ1) is 13.5. The first-order valence-electron chi connectivity index (χ1n) is 9.52. The van der Waals surface area contributed by atoms with Crippen molar-refractivity contribution < 1.29 is 19.0 Å². The predicted molar refractivity (Wildman–Crippen MR) is 115 cm³/mol. The summed E-state index contributed by atoms with van der Waals surface area (Å²) in [4.78, 5) is 16.4. The van der Waals surface area contributed by atoms with Gasteiger partial charge in [-0.1, -0.05) is 45.4 Å². The molecule has 0 radical (unpaired) electrons. The number of hydrogen-bond donors (Lipinski definition) is 1. The normalized spacial score (nSPS) is 15.7. The summed E-state index contributed by atoms with van der Waals surface area (Å²) in [6.07, 6.45) is 1.69.